The van der Waals surface area contributed by atoms with E-state index in [1.54, 1.807) is 7.11 Å². The molecule has 0 atom stereocenters. The minimum absolute atomic E-state index is 0.844. The lowest BCUT2D eigenvalue weighted by molar-refractivity contribution is 0.415. The Balaban J connectivity index is 2.39. The second-order valence-corrected chi connectivity index (χ2v) is 4.75. The van der Waals surface area contributed by atoms with E-state index in [0.717, 1.165) is 47.2 Å². The molecule has 94 valence electrons. The van der Waals surface area contributed by atoms with Crippen LogP contribution in [-0.4, -0.2) is 12.1 Å². The summed E-state index contributed by atoms with van der Waals surface area (Å²) in [5.41, 5.74) is 8.45. The Bertz CT molecular complexity index is 622. The van der Waals surface area contributed by atoms with Crippen LogP contribution in [0.1, 0.15) is 23.2 Å². The highest BCUT2D eigenvalue weighted by Gasteiger charge is 2.20. The number of aromatic nitrogens is 1. The molecule has 0 aliphatic heterocycles. The molecular weight excluding hydrogens is 226 g/mol. The summed E-state index contributed by atoms with van der Waals surface area (Å²) in [6, 6.07) is 4.01. The van der Waals surface area contributed by atoms with Crippen molar-refractivity contribution >= 4 is 16.6 Å². The van der Waals surface area contributed by atoms with Crippen LogP contribution in [0.3, 0.4) is 0 Å². The zero-order valence-electron chi connectivity index (χ0n) is 10.7. The van der Waals surface area contributed by atoms with Gasteiger partial charge >= 0.3 is 0 Å². The lowest BCUT2D eigenvalue weighted by atomic mass is 10.0. The van der Waals surface area contributed by atoms with Crippen molar-refractivity contribution in [2.45, 2.75) is 26.2 Å². The van der Waals surface area contributed by atoms with Crippen molar-refractivity contribution in [3.05, 3.63) is 29.0 Å². The van der Waals surface area contributed by atoms with Crippen molar-refractivity contribution in [1.82, 2.24) is 4.98 Å². The van der Waals surface area contributed by atoms with Gasteiger partial charge in [-0.15, -0.1) is 0 Å². The fourth-order valence-corrected chi connectivity index (χ4v) is 2.79. The number of rotatable bonds is 2. The number of anilines is 1. The molecule has 0 saturated heterocycles. The van der Waals surface area contributed by atoms with Gasteiger partial charge in [-0.1, -0.05) is 0 Å². The van der Waals surface area contributed by atoms with Crippen LogP contribution in [-0.2, 0) is 12.8 Å². The van der Waals surface area contributed by atoms with E-state index in [9.17, 15) is 0 Å². The minimum Gasteiger partial charge on any atom is -0.497 e. The Morgan fingerprint density at radius 3 is 2.89 bits per heavy atom. The van der Waals surface area contributed by atoms with Gasteiger partial charge in [0.05, 0.1) is 18.3 Å². The second kappa shape index (κ2) is 4.14. The molecule has 1 aromatic heterocycles. The molecular formula is C14H17N3O. The van der Waals surface area contributed by atoms with Gasteiger partial charge in [0.2, 0.25) is 0 Å². The molecule has 0 fully saturated rings. The van der Waals surface area contributed by atoms with Crippen molar-refractivity contribution < 1.29 is 4.74 Å². The van der Waals surface area contributed by atoms with Gasteiger partial charge in [-0.3, -0.25) is 10.8 Å². The van der Waals surface area contributed by atoms with Crippen LogP contribution in [0.4, 0.5) is 5.69 Å². The number of methoxy groups -OCH3 is 1. The first-order chi connectivity index (χ1) is 8.74. The lowest BCUT2D eigenvalue weighted by Gasteiger charge is -2.14. The molecule has 1 heterocycles. The predicted molar refractivity (Wildman–Crippen MR) is 72.9 cm³/mol. The molecule has 3 rings (SSSR count). The van der Waals surface area contributed by atoms with Crippen LogP contribution in [0.2, 0.25) is 0 Å². The molecule has 1 aliphatic rings. The summed E-state index contributed by atoms with van der Waals surface area (Å²) in [6.45, 7) is 2.06. The summed E-state index contributed by atoms with van der Waals surface area (Å²) in [7, 11) is 1.68. The van der Waals surface area contributed by atoms with Crippen molar-refractivity contribution in [1.29, 1.82) is 0 Å². The number of nitrogen functional groups attached to an aromatic ring is 1. The van der Waals surface area contributed by atoms with E-state index in [1.165, 1.54) is 11.3 Å². The fourth-order valence-electron chi connectivity index (χ4n) is 2.79. The SMILES string of the molecule is COc1cc(C)c2nc3c(c(NN)c2c1)CCC3. The third-order valence-electron chi connectivity index (χ3n) is 3.66. The number of nitrogens with zero attached hydrogens (tertiary/aromatic N) is 1. The van der Waals surface area contributed by atoms with Gasteiger partial charge in [0.25, 0.3) is 0 Å². The molecule has 18 heavy (non-hydrogen) atoms. The Morgan fingerprint density at radius 2 is 2.17 bits per heavy atom. The second-order valence-electron chi connectivity index (χ2n) is 4.75. The summed E-state index contributed by atoms with van der Waals surface area (Å²) in [4.78, 5) is 4.79. The predicted octanol–water partition coefficient (Wildman–Crippen LogP) is 2.33. The number of ether oxygens (including phenoxy) is 1. The smallest absolute Gasteiger partial charge is 0.119 e. The van der Waals surface area contributed by atoms with Gasteiger partial charge in [-0.25, -0.2) is 0 Å². The average molecular weight is 243 g/mol. The molecule has 0 spiro atoms. The molecule has 0 radical (unpaired) electrons. The van der Waals surface area contributed by atoms with E-state index in [4.69, 9.17) is 15.6 Å². The summed E-state index contributed by atoms with van der Waals surface area (Å²) >= 11 is 0. The van der Waals surface area contributed by atoms with E-state index in [-0.39, 0.29) is 0 Å². The van der Waals surface area contributed by atoms with Gasteiger partial charge in [0.1, 0.15) is 5.75 Å². The van der Waals surface area contributed by atoms with Gasteiger partial charge in [0, 0.05) is 11.1 Å². The molecule has 4 nitrogen and oxygen atoms in total. The molecule has 4 heteroatoms. The molecule has 2 aromatic rings. The summed E-state index contributed by atoms with van der Waals surface area (Å²) in [5.74, 6) is 6.56. The number of pyridine rings is 1. The van der Waals surface area contributed by atoms with Crippen molar-refractivity contribution in [3.63, 3.8) is 0 Å². The number of hydrazine groups is 1. The zero-order chi connectivity index (χ0) is 12.7. The highest BCUT2D eigenvalue weighted by molar-refractivity contribution is 5.96. The summed E-state index contributed by atoms with van der Waals surface area (Å²) in [5, 5.41) is 1.05. The summed E-state index contributed by atoms with van der Waals surface area (Å²) in [6.07, 6.45) is 3.25. The third kappa shape index (κ3) is 1.53. The Hall–Kier alpha value is -1.81. The fraction of sp³-hybridized carbons (Fsp3) is 0.357. The highest BCUT2D eigenvalue weighted by Crippen LogP contribution is 2.36. The van der Waals surface area contributed by atoms with Gasteiger partial charge in [-0.05, 0) is 49.4 Å². The number of aryl methyl sites for hydroxylation is 2. The van der Waals surface area contributed by atoms with Gasteiger partial charge in [0.15, 0.2) is 0 Å². The van der Waals surface area contributed by atoms with Gasteiger partial charge in [-0.2, -0.15) is 0 Å². The number of nitrogens with two attached hydrogens (primary N) is 1. The maximum atomic E-state index is 5.71. The maximum absolute atomic E-state index is 5.71. The minimum atomic E-state index is 0.844. The maximum Gasteiger partial charge on any atom is 0.119 e. The van der Waals surface area contributed by atoms with Crippen LogP contribution in [0, 0.1) is 6.92 Å². The topological polar surface area (TPSA) is 60.2 Å². The molecule has 3 N–H and O–H groups in total. The molecule has 0 unspecified atom stereocenters. The summed E-state index contributed by atoms with van der Waals surface area (Å²) < 4.78 is 5.33. The number of fused-ring (bicyclic) bond motifs is 2. The molecule has 0 amide bonds. The lowest BCUT2D eigenvalue weighted by Crippen LogP contribution is -2.11. The Labute approximate surface area is 106 Å². The van der Waals surface area contributed by atoms with Gasteiger partial charge < -0.3 is 10.2 Å². The number of hydrogen-bond acceptors (Lipinski definition) is 4. The van der Waals surface area contributed by atoms with E-state index in [2.05, 4.69) is 12.3 Å². The molecule has 1 aromatic carbocycles. The first kappa shape index (κ1) is 11.3. The van der Waals surface area contributed by atoms with E-state index < -0.39 is 0 Å². The molecule has 0 bridgehead atoms. The Morgan fingerprint density at radius 1 is 1.33 bits per heavy atom. The van der Waals surface area contributed by atoms with Crippen LogP contribution < -0.4 is 16.0 Å². The van der Waals surface area contributed by atoms with E-state index >= 15 is 0 Å². The quantitative estimate of drug-likeness (QED) is 0.627. The Kier molecular flexibility index (Phi) is 2.59. The van der Waals surface area contributed by atoms with Crippen molar-refractivity contribution in [2.24, 2.45) is 5.84 Å². The first-order valence-electron chi connectivity index (χ1n) is 6.21. The molecule has 1 aliphatic carbocycles. The first-order valence-corrected chi connectivity index (χ1v) is 6.21. The monoisotopic (exact) mass is 243 g/mol. The zero-order valence-corrected chi connectivity index (χ0v) is 10.7. The standard InChI is InChI=1S/C14H17N3O/c1-8-6-9(18-2)7-11-13(8)16-12-5-3-4-10(12)14(11)17-15/h6-7H,3-5,15H2,1-2H3,(H,16,17). The number of nitrogens with one attached hydrogen (secondary N) is 1. The number of benzene rings is 1. The van der Waals surface area contributed by atoms with Crippen LogP contribution in [0.25, 0.3) is 10.9 Å². The van der Waals surface area contributed by atoms with Crippen molar-refractivity contribution in [3.8, 4) is 5.75 Å². The van der Waals surface area contributed by atoms with Crippen molar-refractivity contribution in [2.75, 3.05) is 12.5 Å². The number of hydrogen-bond donors (Lipinski definition) is 2. The van der Waals surface area contributed by atoms with E-state index in [1.807, 2.05) is 12.1 Å². The molecule has 0 saturated carbocycles. The van der Waals surface area contributed by atoms with Crippen LogP contribution in [0.5, 0.6) is 5.75 Å². The van der Waals surface area contributed by atoms with E-state index in [0.29, 0.717) is 0 Å². The largest absolute Gasteiger partial charge is 0.497 e. The normalized spacial score (nSPS) is 13.7. The highest BCUT2D eigenvalue weighted by atomic mass is 16.5. The van der Waals surface area contributed by atoms with Crippen LogP contribution >= 0.6 is 0 Å². The average Bonchev–Trinajstić information content (AvgIpc) is 2.84. The van der Waals surface area contributed by atoms with Crippen LogP contribution in [0.15, 0.2) is 12.1 Å². The third-order valence-corrected chi connectivity index (χ3v) is 3.66.